The fourth-order valence-electron chi connectivity index (χ4n) is 1.74. The monoisotopic (exact) mass is 255 g/mol. The smallest absolute Gasteiger partial charge is 0.422 e. The molecule has 0 aliphatic carbocycles. The van der Waals surface area contributed by atoms with Crippen molar-refractivity contribution in [2.24, 2.45) is 5.92 Å². The summed E-state index contributed by atoms with van der Waals surface area (Å²) in [4.78, 5) is 12.6. The Morgan fingerprint density at radius 1 is 1.47 bits per heavy atom. The van der Waals surface area contributed by atoms with Crippen molar-refractivity contribution in [3.8, 4) is 0 Å². The third-order valence-electron chi connectivity index (χ3n) is 2.81. The van der Waals surface area contributed by atoms with Crippen LogP contribution in [0.1, 0.15) is 13.3 Å². The average molecular weight is 255 g/mol. The lowest BCUT2D eigenvalue weighted by atomic mass is 9.96. The summed E-state index contributed by atoms with van der Waals surface area (Å²) in [5, 5.41) is 0. The van der Waals surface area contributed by atoms with Crippen molar-refractivity contribution in [2.45, 2.75) is 25.6 Å². The van der Waals surface area contributed by atoms with Gasteiger partial charge < -0.3 is 14.4 Å². The Bertz CT molecular complexity index is 270. The summed E-state index contributed by atoms with van der Waals surface area (Å²) >= 11 is 0. The first-order valence-corrected chi connectivity index (χ1v) is 5.34. The number of hydrogen-bond donors (Lipinski definition) is 0. The lowest BCUT2D eigenvalue weighted by molar-refractivity contribution is -0.163. The fraction of sp³-hybridized carbons (Fsp3) is 0.900. The van der Waals surface area contributed by atoms with E-state index in [2.05, 4.69) is 4.74 Å². The molecular weight excluding hydrogens is 239 g/mol. The number of carbonyl (C=O) groups is 1. The second-order valence-electron chi connectivity index (χ2n) is 4.16. The maximum atomic E-state index is 11.9. The zero-order valence-corrected chi connectivity index (χ0v) is 9.79. The van der Waals surface area contributed by atoms with Gasteiger partial charge in [0.15, 0.2) is 6.61 Å². The molecule has 0 bridgehead atoms. The minimum Gasteiger partial charge on any atom is -0.440 e. The third kappa shape index (κ3) is 4.41. The van der Waals surface area contributed by atoms with E-state index in [0.29, 0.717) is 13.0 Å². The molecule has 1 amide bonds. The highest BCUT2D eigenvalue weighted by atomic mass is 19.4. The van der Waals surface area contributed by atoms with Crippen LogP contribution in [0.4, 0.5) is 18.0 Å². The van der Waals surface area contributed by atoms with E-state index < -0.39 is 18.9 Å². The van der Waals surface area contributed by atoms with Crippen LogP contribution in [0.15, 0.2) is 0 Å². The molecule has 7 heteroatoms. The van der Waals surface area contributed by atoms with Gasteiger partial charge >= 0.3 is 12.3 Å². The van der Waals surface area contributed by atoms with Crippen molar-refractivity contribution >= 4 is 6.09 Å². The molecule has 1 fully saturated rings. The molecule has 4 nitrogen and oxygen atoms in total. The SMILES string of the molecule is COC1CN(C(=O)OCC(F)(F)F)CCC1C. The molecule has 1 aliphatic rings. The average Bonchev–Trinajstić information content (AvgIpc) is 2.25. The van der Waals surface area contributed by atoms with Gasteiger partial charge in [0.05, 0.1) is 12.6 Å². The van der Waals surface area contributed by atoms with Crippen LogP contribution in [-0.4, -0.2) is 50.1 Å². The summed E-state index contributed by atoms with van der Waals surface area (Å²) in [5.41, 5.74) is 0. The first-order chi connectivity index (χ1) is 7.83. The van der Waals surface area contributed by atoms with E-state index in [-0.39, 0.29) is 18.6 Å². The highest BCUT2D eigenvalue weighted by Crippen LogP contribution is 2.21. The molecule has 17 heavy (non-hydrogen) atoms. The summed E-state index contributed by atoms with van der Waals surface area (Å²) < 4.78 is 44.9. The molecule has 0 spiro atoms. The summed E-state index contributed by atoms with van der Waals surface area (Å²) in [5.74, 6) is 0.284. The van der Waals surface area contributed by atoms with Gasteiger partial charge in [-0.25, -0.2) is 4.79 Å². The van der Waals surface area contributed by atoms with Crippen LogP contribution in [0.2, 0.25) is 0 Å². The summed E-state index contributed by atoms with van der Waals surface area (Å²) in [6, 6.07) is 0. The number of halogens is 3. The Morgan fingerprint density at radius 3 is 2.65 bits per heavy atom. The number of hydrogen-bond acceptors (Lipinski definition) is 3. The van der Waals surface area contributed by atoms with Gasteiger partial charge in [-0.1, -0.05) is 6.92 Å². The molecule has 0 aromatic rings. The van der Waals surface area contributed by atoms with Gasteiger partial charge in [-0.05, 0) is 12.3 Å². The van der Waals surface area contributed by atoms with Gasteiger partial charge in [0, 0.05) is 13.7 Å². The topological polar surface area (TPSA) is 38.8 Å². The van der Waals surface area contributed by atoms with E-state index >= 15 is 0 Å². The minimum absolute atomic E-state index is 0.151. The van der Waals surface area contributed by atoms with Crippen molar-refractivity contribution in [3.05, 3.63) is 0 Å². The number of ether oxygens (including phenoxy) is 2. The molecule has 0 N–H and O–H groups in total. The van der Waals surface area contributed by atoms with E-state index in [1.165, 1.54) is 12.0 Å². The van der Waals surface area contributed by atoms with E-state index in [9.17, 15) is 18.0 Å². The standard InChI is InChI=1S/C10H16F3NO3/c1-7-3-4-14(5-8(7)16-2)9(15)17-6-10(11,12)13/h7-8H,3-6H2,1-2H3. The number of nitrogens with zero attached hydrogens (tertiary/aromatic N) is 1. The second kappa shape index (κ2) is 5.57. The largest absolute Gasteiger partial charge is 0.440 e. The maximum Gasteiger partial charge on any atom is 0.422 e. The molecule has 1 saturated heterocycles. The van der Waals surface area contributed by atoms with Gasteiger partial charge in [0.2, 0.25) is 0 Å². The molecule has 1 rings (SSSR count). The van der Waals surface area contributed by atoms with Crippen LogP contribution in [0.3, 0.4) is 0 Å². The Hall–Kier alpha value is -0.980. The molecule has 100 valence electrons. The van der Waals surface area contributed by atoms with Gasteiger partial charge in [-0.15, -0.1) is 0 Å². The number of methoxy groups -OCH3 is 1. The molecule has 1 aliphatic heterocycles. The van der Waals surface area contributed by atoms with E-state index in [4.69, 9.17) is 4.74 Å². The normalized spacial score (nSPS) is 25.8. The van der Waals surface area contributed by atoms with Gasteiger partial charge in [0.25, 0.3) is 0 Å². The van der Waals surface area contributed by atoms with Gasteiger partial charge in [-0.3, -0.25) is 0 Å². The minimum atomic E-state index is -4.49. The van der Waals surface area contributed by atoms with E-state index in [0.717, 1.165) is 0 Å². The first-order valence-electron chi connectivity index (χ1n) is 5.34. The summed E-state index contributed by atoms with van der Waals surface area (Å²) in [6.45, 7) is 1.11. The summed E-state index contributed by atoms with van der Waals surface area (Å²) in [6.07, 6.45) is -4.88. The van der Waals surface area contributed by atoms with Crippen LogP contribution in [-0.2, 0) is 9.47 Å². The van der Waals surface area contributed by atoms with Crippen LogP contribution in [0.25, 0.3) is 0 Å². The maximum absolute atomic E-state index is 11.9. The number of rotatable bonds is 2. The van der Waals surface area contributed by atoms with Crippen LogP contribution in [0.5, 0.6) is 0 Å². The Labute approximate surface area is 97.7 Å². The van der Waals surface area contributed by atoms with Crippen molar-refractivity contribution in [3.63, 3.8) is 0 Å². The Morgan fingerprint density at radius 2 is 2.12 bits per heavy atom. The third-order valence-corrected chi connectivity index (χ3v) is 2.81. The number of piperidine rings is 1. The Balaban J connectivity index is 2.42. The fourth-order valence-corrected chi connectivity index (χ4v) is 1.74. The van der Waals surface area contributed by atoms with E-state index in [1.54, 1.807) is 0 Å². The predicted octanol–water partition coefficient (Wildman–Crippen LogP) is 2.04. The van der Waals surface area contributed by atoms with Crippen molar-refractivity contribution in [1.82, 2.24) is 4.90 Å². The highest BCUT2D eigenvalue weighted by Gasteiger charge is 2.33. The molecule has 1 heterocycles. The highest BCUT2D eigenvalue weighted by molar-refractivity contribution is 5.67. The van der Waals surface area contributed by atoms with Crippen LogP contribution in [0, 0.1) is 5.92 Å². The zero-order valence-electron chi connectivity index (χ0n) is 9.79. The number of likely N-dealkylation sites (tertiary alicyclic amines) is 1. The number of amides is 1. The molecule has 0 aromatic carbocycles. The molecule has 2 atom stereocenters. The van der Waals surface area contributed by atoms with Crippen molar-refractivity contribution < 1.29 is 27.4 Å². The van der Waals surface area contributed by atoms with Gasteiger partial charge in [0.1, 0.15) is 0 Å². The molecule has 0 aromatic heterocycles. The molecule has 2 unspecified atom stereocenters. The first kappa shape index (κ1) is 14.1. The second-order valence-corrected chi connectivity index (χ2v) is 4.16. The lowest BCUT2D eigenvalue weighted by Gasteiger charge is -2.35. The predicted molar refractivity (Wildman–Crippen MR) is 53.6 cm³/mol. The zero-order chi connectivity index (χ0) is 13.1. The van der Waals surface area contributed by atoms with E-state index in [1.807, 2.05) is 6.92 Å². The van der Waals surface area contributed by atoms with Crippen LogP contribution < -0.4 is 0 Å². The lowest BCUT2D eigenvalue weighted by Crippen LogP contribution is -2.47. The number of carbonyl (C=O) groups excluding carboxylic acids is 1. The Kier molecular flexibility index (Phi) is 4.62. The molecule has 0 saturated carbocycles. The molecule has 0 radical (unpaired) electrons. The summed E-state index contributed by atoms with van der Waals surface area (Å²) in [7, 11) is 1.52. The quantitative estimate of drug-likeness (QED) is 0.758. The van der Waals surface area contributed by atoms with Crippen molar-refractivity contribution in [1.29, 1.82) is 0 Å². The van der Waals surface area contributed by atoms with Gasteiger partial charge in [-0.2, -0.15) is 13.2 Å². The number of alkyl halides is 3. The van der Waals surface area contributed by atoms with Crippen molar-refractivity contribution in [2.75, 3.05) is 26.8 Å². The van der Waals surface area contributed by atoms with Crippen LogP contribution >= 0.6 is 0 Å². The molecular formula is C10H16F3NO3.